The van der Waals surface area contributed by atoms with Gasteiger partial charge in [0.15, 0.2) is 0 Å². The SMILES string of the molecule is CC(=O)N1C[C@H]2CN(CC(O)C(O)C(O)CO)C[C@H]2C1. The van der Waals surface area contributed by atoms with Gasteiger partial charge in [0.25, 0.3) is 0 Å². The molecule has 0 bridgehead atoms. The number of rotatable bonds is 5. The molecule has 2 aliphatic heterocycles. The molecule has 0 spiro atoms. The lowest BCUT2D eigenvalue weighted by molar-refractivity contribution is -0.128. The fourth-order valence-corrected chi connectivity index (χ4v) is 3.23. The topological polar surface area (TPSA) is 104 Å². The van der Waals surface area contributed by atoms with Gasteiger partial charge in [-0.25, -0.2) is 0 Å². The van der Waals surface area contributed by atoms with Gasteiger partial charge in [0.05, 0.1) is 12.7 Å². The summed E-state index contributed by atoms with van der Waals surface area (Å²) in [5.41, 5.74) is 0. The first-order valence-electron chi connectivity index (χ1n) is 7.05. The van der Waals surface area contributed by atoms with Crippen molar-refractivity contribution in [3.05, 3.63) is 0 Å². The molecule has 2 heterocycles. The van der Waals surface area contributed by atoms with Crippen LogP contribution in [-0.2, 0) is 4.79 Å². The molecule has 2 rings (SSSR count). The summed E-state index contributed by atoms with van der Waals surface area (Å²) >= 11 is 0. The Morgan fingerprint density at radius 2 is 1.65 bits per heavy atom. The second-order valence-electron chi connectivity index (χ2n) is 5.97. The van der Waals surface area contributed by atoms with Crippen molar-refractivity contribution in [3.8, 4) is 0 Å². The molecule has 1 amide bonds. The molecule has 3 unspecified atom stereocenters. The zero-order valence-corrected chi connectivity index (χ0v) is 11.7. The highest BCUT2D eigenvalue weighted by molar-refractivity contribution is 5.73. The molecular formula is C13H24N2O5. The van der Waals surface area contributed by atoms with Crippen molar-refractivity contribution < 1.29 is 25.2 Å². The van der Waals surface area contributed by atoms with Gasteiger partial charge >= 0.3 is 0 Å². The predicted molar refractivity (Wildman–Crippen MR) is 70.8 cm³/mol. The lowest BCUT2D eigenvalue weighted by Gasteiger charge is -2.27. The molecule has 7 heteroatoms. The second kappa shape index (κ2) is 6.36. The molecule has 7 nitrogen and oxygen atoms in total. The Morgan fingerprint density at radius 1 is 1.10 bits per heavy atom. The molecule has 4 N–H and O–H groups in total. The van der Waals surface area contributed by atoms with Crippen molar-refractivity contribution in [1.82, 2.24) is 9.80 Å². The number of carbonyl (C=O) groups excluding carboxylic acids is 1. The molecule has 0 aliphatic carbocycles. The molecule has 116 valence electrons. The van der Waals surface area contributed by atoms with Gasteiger partial charge in [0.1, 0.15) is 12.2 Å². The monoisotopic (exact) mass is 288 g/mol. The van der Waals surface area contributed by atoms with E-state index in [0.29, 0.717) is 11.8 Å². The van der Waals surface area contributed by atoms with Gasteiger partial charge in [-0.05, 0) is 11.8 Å². The van der Waals surface area contributed by atoms with Crippen LogP contribution in [0.2, 0.25) is 0 Å². The zero-order valence-electron chi connectivity index (χ0n) is 11.7. The fraction of sp³-hybridized carbons (Fsp3) is 0.923. The van der Waals surface area contributed by atoms with Crippen molar-refractivity contribution >= 4 is 5.91 Å². The highest BCUT2D eigenvalue weighted by Gasteiger charge is 2.41. The molecule has 0 radical (unpaired) electrons. The lowest BCUT2D eigenvalue weighted by Crippen LogP contribution is -2.46. The van der Waals surface area contributed by atoms with Gasteiger partial charge < -0.3 is 25.3 Å². The average Bonchev–Trinajstić information content (AvgIpc) is 2.94. The van der Waals surface area contributed by atoms with E-state index in [1.165, 1.54) is 0 Å². The van der Waals surface area contributed by atoms with E-state index in [1.807, 2.05) is 9.80 Å². The van der Waals surface area contributed by atoms with Crippen LogP contribution in [0.1, 0.15) is 6.92 Å². The Kier molecular flexibility index (Phi) is 4.98. The Balaban J connectivity index is 1.80. The lowest BCUT2D eigenvalue weighted by atomic mass is 10.0. The first kappa shape index (κ1) is 15.7. The Bertz CT molecular complexity index is 340. The van der Waals surface area contributed by atoms with Crippen LogP contribution in [0.4, 0.5) is 0 Å². The normalized spacial score (nSPS) is 31.1. The number of fused-ring (bicyclic) bond motifs is 1. The van der Waals surface area contributed by atoms with Gasteiger partial charge in [-0.1, -0.05) is 0 Å². The number of aliphatic hydroxyl groups is 4. The third-order valence-corrected chi connectivity index (χ3v) is 4.43. The second-order valence-corrected chi connectivity index (χ2v) is 5.97. The van der Waals surface area contributed by atoms with Crippen molar-refractivity contribution in [1.29, 1.82) is 0 Å². The van der Waals surface area contributed by atoms with Crippen LogP contribution >= 0.6 is 0 Å². The molecule has 0 aromatic heterocycles. The zero-order chi connectivity index (χ0) is 14.9. The third kappa shape index (κ3) is 3.29. The molecule has 0 saturated carbocycles. The minimum Gasteiger partial charge on any atom is -0.394 e. The van der Waals surface area contributed by atoms with Crippen LogP contribution in [0.5, 0.6) is 0 Å². The Labute approximate surface area is 118 Å². The number of β-amino-alcohol motifs (C(OH)–C–C–N with tert-alkyl or cyclic N) is 1. The molecule has 20 heavy (non-hydrogen) atoms. The number of carbonyl (C=O) groups is 1. The number of aliphatic hydroxyl groups excluding tert-OH is 4. The quantitative estimate of drug-likeness (QED) is 0.445. The van der Waals surface area contributed by atoms with E-state index in [-0.39, 0.29) is 12.5 Å². The van der Waals surface area contributed by atoms with Gasteiger partial charge in [-0.2, -0.15) is 0 Å². The summed E-state index contributed by atoms with van der Waals surface area (Å²) in [5.74, 6) is 0.949. The first-order chi connectivity index (χ1) is 9.42. The highest BCUT2D eigenvalue weighted by atomic mass is 16.4. The predicted octanol–water partition coefficient (Wildman–Crippen LogP) is -2.53. The van der Waals surface area contributed by atoms with Crippen molar-refractivity contribution in [2.45, 2.75) is 25.2 Å². The first-order valence-corrected chi connectivity index (χ1v) is 7.05. The van der Waals surface area contributed by atoms with Crippen LogP contribution in [-0.4, -0.2) is 93.8 Å². The smallest absolute Gasteiger partial charge is 0.219 e. The molecule has 2 saturated heterocycles. The van der Waals surface area contributed by atoms with Crippen molar-refractivity contribution in [3.63, 3.8) is 0 Å². The Hall–Kier alpha value is -0.730. The molecular weight excluding hydrogens is 264 g/mol. The largest absolute Gasteiger partial charge is 0.394 e. The van der Waals surface area contributed by atoms with Gasteiger partial charge in [0.2, 0.25) is 5.91 Å². The number of amides is 1. The molecule has 2 fully saturated rings. The summed E-state index contributed by atoms with van der Waals surface area (Å²) in [6, 6.07) is 0. The Morgan fingerprint density at radius 3 is 2.10 bits per heavy atom. The van der Waals surface area contributed by atoms with E-state index >= 15 is 0 Å². The van der Waals surface area contributed by atoms with Gasteiger partial charge in [-0.15, -0.1) is 0 Å². The maximum atomic E-state index is 11.3. The maximum absolute atomic E-state index is 11.3. The summed E-state index contributed by atoms with van der Waals surface area (Å²) < 4.78 is 0. The van der Waals surface area contributed by atoms with E-state index < -0.39 is 24.9 Å². The summed E-state index contributed by atoms with van der Waals surface area (Å²) in [6.07, 6.45) is -3.74. The van der Waals surface area contributed by atoms with E-state index in [0.717, 1.165) is 26.2 Å². The summed E-state index contributed by atoms with van der Waals surface area (Å²) in [7, 11) is 0. The number of hydrogen-bond donors (Lipinski definition) is 4. The van der Waals surface area contributed by atoms with Gasteiger partial charge in [0, 0.05) is 39.6 Å². The van der Waals surface area contributed by atoms with Crippen LogP contribution < -0.4 is 0 Å². The minimum absolute atomic E-state index is 0.104. The maximum Gasteiger partial charge on any atom is 0.219 e. The number of hydrogen-bond acceptors (Lipinski definition) is 6. The molecule has 0 aromatic rings. The molecule has 0 aromatic carbocycles. The summed E-state index contributed by atoms with van der Waals surface area (Å²) in [6.45, 7) is 4.36. The van der Waals surface area contributed by atoms with Crippen molar-refractivity contribution in [2.75, 3.05) is 39.3 Å². The third-order valence-electron chi connectivity index (χ3n) is 4.43. The molecule has 2 aliphatic rings. The number of nitrogens with zero attached hydrogens (tertiary/aromatic N) is 2. The van der Waals surface area contributed by atoms with Crippen molar-refractivity contribution in [2.24, 2.45) is 11.8 Å². The van der Waals surface area contributed by atoms with E-state index in [4.69, 9.17) is 5.11 Å². The van der Waals surface area contributed by atoms with Crippen LogP contribution in [0.25, 0.3) is 0 Å². The standard InChI is InChI=1S/C13H24N2O5/c1-8(17)15-4-9-2-14(3-10(9)5-15)6-11(18)13(20)12(19)7-16/h9-13,16,18-20H,2-7H2,1H3/t9-,10+,11?,12?,13?. The van der Waals surface area contributed by atoms with Crippen LogP contribution in [0.15, 0.2) is 0 Å². The summed E-state index contributed by atoms with van der Waals surface area (Å²) in [5, 5.41) is 37.5. The molecule has 5 atom stereocenters. The van der Waals surface area contributed by atoms with E-state index in [2.05, 4.69) is 0 Å². The van der Waals surface area contributed by atoms with Gasteiger partial charge in [-0.3, -0.25) is 9.69 Å². The number of likely N-dealkylation sites (tertiary alicyclic amines) is 2. The summed E-state index contributed by atoms with van der Waals surface area (Å²) in [4.78, 5) is 15.2. The van der Waals surface area contributed by atoms with E-state index in [1.54, 1.807) is 6.92 Å². The van der Waals surface area contributed by atoms with Crippen LogP contribution in [0, 0.1) is 11.8 Å². The fourth-order valence-electron chi connectivity index (χ4n) is 3.23. The van der Waals surface area contributed by atoms with Crippen LogP contribution in [0.3, 0.4) is 0 Å². The minimum atomic E-state index is -1.34. The highest BCUT2D eigenvalue weighted by Crippen LogP contribution is 2.31. The van der Waals surface area contributed by atoms with E-state index in [9.17, 15) is 20.1 Å². The average molecular weight is 288 g/mol.